The summed E-state index contributed by atoms with van der Waals surface area (Å²) >= 11 is 0. The minimum atomic E-state index is -0.105. The lowest BCUT2D eigenvalue weighted by atomic mass is 9.47. The maximum Gasteiger partial charge on any atom is 0.133 e. The third kappa shape index (κ3) is 3.98. The highest BCUT2D eigenvalue weighted by Gasteiger charge is 2.59. The standard InChI is InChI=1S/C29H48O2/c1-18(2)23(20(4)30)9-7-19(3)25-11-12-26-24-10-8-21-17-22(31)13-15-28(21,5)27(24)14-16-29(25,26)6/h8,18-19,22-27,31H,7,9-17H2,1-6H3/t19-,22+,23-,24+,25-,26+,27+,28+,29-/m1/s1. The molecule has 0 bridgehead atoms. The number of aliphatic hydroxyl groups is 1. The topological polar surface area (TPSA) is 37.3 Å². The smallest absolute Gasteiger partial charge is 0.133 e. The second kappa shape index (κ2) is 8.62. The van der Waals surface area contributed by atoms with Gasteiger partial charge in [0.15, 0.2) is 0 Å². The highest BCUT2D eigenvalue weighted by atomic mass is 16.3. The van der Waals surface area contributed by atoms with Gasteiger partial charge < -0.3 is 5.11 Å². The molecule has 4 aliphatic carbocycles. The SMILES string of the molecule is CC(=O)[C@H](CC[C@@H](C)[C@H]1CC[C@H]2[C@@H]3CC=C4C[C@@H](O)CC[C@]4(C)[C@H]3CC[C@]12C)C(C)C. The Balaban J connectivity index is 1.47. The first kappa shape index (κ1) is 23.5. The first-order valence-electron chi connectivity index (χ1n) is 13.5. The molecule has 0 heterocycles. The lowest BCUT2D eigenvalue weighted by molar-refractivity contribution is -0.122. The van der Waals surface area contributed by atoms with Crippen molar-refractivity contribution < 1.29 is 9.90 Å². The fourth-order valence-electron chi connectivity index (χ4n) is 9.27. The average Bonchev–Trinajstić information content (AvgIpc) is 3.05. The van der Waals surface area contributed by atoms with Crippen molar-refractivity contribution in [3.8, 4) is 0 Å². The van der Waals surface area contributed by atoms with Crippen LogP contribution in [0.25, 0.3) is 0 Å². The molecular formula is C29H48O2. The van der Waals surface area contributed by atoms with Crippen LogP contribution < -0.4 is 0 Å². The van der Waals surface area contributed by atoms with Gasteiger partial charge in [-0.2, -0.15) is 0 Å². The highest BCUT2D eigenvalue weighted by molar-refractivity contribution is 5.78. The molecule has 0 aromatic carbocycles. The molecule has 2 heteroatoms. The molecule has 4 rings (SSSR count). The van der Waals surface area contributed by atoms with Crippen molar-refractivity contribution in [2.75, 3.05) is 0 Å². The van der Waals surface area contributed by atoms with Crippen LogP contribution in [0.1, 0.15) is 106 Å². The number of hydrogen-bond acceptors (Lipinski definition) is 2. The summed E-state index contributed by atoms with van der Waals surface area (Å²) in [6.07, 6.45) is 14.7. The van der Waals surface area contributed by atoms with Crippen molar-refractivity contribution in [2.24, 2.45) is 52.3 Å². The van der Waals surface area contributed by atoms with Crippen LogP contribution in [0.15, 0.2) is 11.6 Å². The third-order valence-corrected chi connectivity index (χ3v) is 11.1. The molecule has 31 heavy (non-hydrogen) atoms. The number of Topliss-reactive ketones (excluding diaryl/α,β-unsaturated/α-hetero) is 1. The number of carbonyl (C=O) groups is 1. The molecule has 0 unspecified atom stereocenters. The van der Waals surface area contributed by atoms with Crippen molar-refractivity contribution in [1.29, 1.82) is 0 Å². The van der Waals surface area contributed by atoms with E-state index in [2.05, 4.69) is 40.7 Å². The van der Waals surface area contributed by atoms with E-state index in [9.17, 15) is 9.90 Å². The first-order chi connectivity index (χ1) is 14.6. The minimum absolute atomic E-state index is 0.105. The number of ketones is 1. The Morgan fingerprint density at radius 1 is 1.06 bits per heavy atom. The first-order valence-corrected chi connectivity index (χ1v) is 13.5. The molecule has 3 saturated carbocycles. The Morgan fingerprint density at radius 2 is 1.81 bits per heavy atom. The van der Waals surface area contributed by atoms with Crippen LogP contribution in [0.3, 0.4) is 0 Å². The van der Waals surface area contributed by atoms with Crippen molar-refractivity contribution in [3.63, 3.8) is 0 Å². The largest absolute Gasteiger partial charge is 0.393 e. The molecule has 0 aromatic rings. The highest BCUT2D eigenvalue weighted by Crippen LogP contribution is 2.67. The van der Waals surface area contributed by atoms with Crippen molar-refractivity contribution in [1.82, 2.24) is 0 Å². The van der Waals surface area contributed by atoms with E-state index in [0.717, 1.165) is 48.9 Å². The molecule has 1 N–H and O–H groups in total. The molecule has 0 aliphatic heterocycles. The van der Waals surface area contributed by atoms with Gasteiger partial charge in [0.1, 0.15) is 5.78 Å². The minimum Gasteiger partial charge on any atom is -0.393 e. The number of carbonyl (C=O) groups excluding carboxylic acids is 1. The Labute approximate surface area is 191 Å². The van der Waals surface area contributed by atoms with Crippen LogP contribution in [0.5, 0.6) is 0 Å². The molecule has 0 amide bonds. The lowest BCUT2D eigenvalue weighted by Gasteiger charge is -2.58. The Hall–Kier alpha value is -0.630. The van der Waals surface area contributed by atoms with E-state index in [1.165, 1.54) is 44.9 Å². The fourth-order valence-corrected chi connectivity index (χ4v) is 9.27. The number of fused-ring (bicyclic) bond motifs is 5. The van der Waals surface area contributed by atoms with E-state index < -0.39 is 0 Å². The molecule has 2 nitrogen and oxygen atoms in total. The second-order valence-corrected chi connectivity index (χ2v) is 12.9. The molecule has 9 atom stereocenters. The number of hydrogen-bond donors (Lipinski definition) is 1. The summed E-state index contributed by atoms with van der Waals surface area (Å²) in [5, 5.41) is 10.2. The normalized spacial score (nSPS) is 44.1. The van der Waals surface area contributed by atoms with Gasteiger partial charge in [-0.3, -0.25) is 4.79 Å². The summed E-state index contributed by atoms with van der Waals surface area (Å²) in [5.74, 6) is 5.18. The summed E-state index contributed by atoms with van der Waals surface area (Å²) in [6.45, 7) is 13.9. The summed E-state index contributed by atoms with van der Waals surface area (Å²) in [7, 11) is 0. The summed E-state index contributed by atoms with van der Waals surface area (Å²) < 4.78 is 0. The van der Waals surface area contributed by atoms with Crippen LogP contribution in [0.4, 0.5) is 0 Å². The van der Waals surface area contributed by atoms with E-state index in [1.54, 1.807) is 12.5 Å². The van der Waals surface area contributed by atoms with Crippen LogP contribution in [0, 0.1) is 52.3 Å². The van der Waals surface area contributed by atoms with Crippen LogP contribution in [-0.4, -0.2) is 17.0 Å². The zero-order valence-corrected chi connectivity index (χ0v) is 21.1. The average molecular weight is 429 g/mol. The van der Waals surface area contributed by atoms with Crippen LogP contribution in [0.2, 0.25) is 0 Å². The number of allylic oxidation sites excluding steroid dienone is 1. The third-order valence-electron chi connectivity index (χ3n) is 11.1. The van der Waals surface area contributed by atoms with Crippen molar-refractivity contribution in [3.05, 3.63) is 11.6 Å². The predicted octanol–water partition coefficient (Wildman–Crippen LogP) is 7.20. The molecule has 4 aliphatic rings. The molecule has 0 radical (unpaired) electrons. The molecule has 176 valence electrons. The monoisotopic (exact) mass is 428 g/mol. The lowest BCUT2D eigenvalue weighted by Crippen LogP contribution is -2.50. The number of aliphatic hydroxyl groups excluding tert-OH is 1. The Bertz CT molecular complexity index is 708. The van der Waals surface area contributed by atoms with E-state index in [0.29, 0.717) is 22.5 Å². The Kier molecular flexibility index (Phi) is 6.54. The predicted molar refractivity (Wildman–Crippen MR) is 129 cm³/mol. The van der Waals surface area contributed by atoms with Gasteiger partial charge >= 0.3 is 0 Å². The van der Waals surface area contributed by atoms with Crippen LogP contribution >= 0.6 is 0 Å². The molecule has 3 fully saturated rings. The van der Waals surface area contributed by atoms with E-state index in [-0.39, 0.29) is 12.0 Å². The fraction of sp³-hybridized carbons (Fsp3) is 0.897. The molecule has 0 aromatic heterocycles. The Morgan fingerprint density at radius 3 is 2.48 bits per heavy atom. The quantitative estimate of drug-likeness (QED) is 0.454. The number of rotatable bonds is 6. The van der Waals surface area contributed by atoms with Crippen LogP contribution in [-0.2, 0) is 4.79 Å². The second-order valence-electron chi connectivity index (χ2n) is 12.9. The van der Waals surface area contributed by atoms with E-state index in [4.69, 9.17) is 0 Å². The van der Waals surface area contributed by atoms with Gasteiger partial charge in [-0.15, -0.1) is 0 Å². The van der Waals surface area contributed by atoms with Gasteiger partial charge in [-0.1, -0.05) is 46.3 Å². The van der Waals surface area contributed by atoms with E-state index >= 15 is 0 Å². The molecule has 0 saturated heterocycles. The van der Waals surface area contributed by atoms with Crippen molar-refractivity contribution in [2.45, 2.75) is 112 Å². The van der Waals surface area contributed by atoms with Gasteiger partial charge in [-0.25, -0.2) is 0 Å². The van der Waals surface area contributed by atoms with Gasteiger partial charge in [0.2, 0.25) is 0 Å². The maximum absolute atomic E-state index is 12.1. The van der Waals surface area contributed by atoms with Gasteiger partial charge in [0.05, 0.1) is 6.10 Å². The van der Waals surface area contributed by atoms with Gasteiger partial charge in [-0.05, 0) is 117 Å². The van der Waals surface area contributed by atoms with E-state index in [1.807, 2.05) is 0 Å². The zero-order valence-electron chi connectivity index (χ0n) is 21.1. The molecular weight excluding hydrogens is 380 g/mol. The van der Waals surface area contributed by atoms with Crippen molar-refractivity contribution >= 4 is 5.78 Å². The zero-order chi connectivity index (χ0) is 22.6. The summed E-state index contributed by atoms with van der Waals surface area (Å²) in [4.78, 5) is 12.1. The van der Waals surface area contributed by atoms with Gasteiger partial charge in [0.25, 0.3) is 0 Å². The summed E-state index contributed by atoms with van der Waals surface area (Å²) in [6, 6.07) is 0. The summed E-state index contributed by atoms with van der Waals surface area (Å²) in [5.41, 5.74) is 2.42. The maximum atomic E-state index is 12.1. The van der Waals surface area contributed by atoms with Gasteiger partial charge in [0, 0.05) is 5.92 Å². The molecule has 0 spiro atoms.